The molecule has 2 aromatic carbocycles. The number of amides is 1. The van der Waals surface area contributed by atoms with E-state index in [1.54, 1.807) is 13.2 Å². The number of allylic oxidation sites excluding steroid dienone is 1. The molecule has 6 nitrogen and oxygen atoms in total. The second-order valence-corrected chi connectivity index (χ2v) is 8.66. The summed E-state index contributed by atoms with van der Waals surface area (Å²) in [5, 5.41) is 0. The minimum Gasteiger partial charge on any atom is -0.491 e. The van der Waals surface area contributed by atoms with E-state index in [9.17, 15) is 4.79 Å². The Labute approximate surface area is 203 Å². The highest BCUT2D eigenvalue weighted by molar-refractivity contribution is 6.04. The van der Waals surface area contributed by atoms with E-state index in [2.05, 4.69) is 42.7 Å². The van der Waals surface area contributed by atoms with Crippen LogP contribution in [0, 0.1) is 5.92 Å². The van der Waals surface area contributed by atoms with Gasteiger partial charge in [0.1, 0.15) is 24.1 Å². The smallest absolute Gasteiger partial charge is 0.229 e. The lowest BCUT2D eigenvalue weighted by Gasteiger charge is -2.39. The monoisotopic (exact) mass is 463 g/mol. The van der Waals surface area contributed by atoms with Crippen LogP contribution in [0.5, 0.6) is 5.75 Å². The zero-order valence-corrected chi connectivity index (χ0v) is 20.6. The fourth-order valence-electron chi connectivity index (χ4n) is 4.76. The number of carbonyl (C=O) groups is 1. The van der Waals surface area contributed by atoms with Gasteiger partial charge in [-0.15, -0.1) is 6.58 Å². The molecule has 182 valence electrons. The van der Waals surface area contributed by atoms with Crippen LogP contribution in [0.1, 0.15) is 48.4 Å². The summed E-state index contributed by atoms with van der Waals surface area (Å²) in [4.78, 5) is 19.7. The Hall–Kier alpha value is -3.12. The summed E-state index contributed by atoms with van der Waals surface area (Å²) < 4.78 is 10.7. The predicted octanol–water partition coefficient (Wildman–Crippen LogP) is 4.51. The van der Waals surface area contributed by atoms with E-state index in [0.717, 1.165) is 36.4 Å². The SMILES string of the molecule is C=CC(c1ccc(OCCOC)cc1)C(C(N)=O)C1=NCCC(c2ccccc2CCC)N1C. The van der Waals surface area contributed by atoms with Gasteiger partial charge in [-0.1, -0.05) is 55.8 Å². The van der Waals surface area contributed by atoms with Gasteiger partial charge in [-0.25, -0.2) is 0 Å². The van der Waals surface area contributed by atoms with Crippen LogP contribution in [0.4, 0.5) is 0 Å². The molecular formula is C28H37N3O3. The predicted molar refractivity (Wildman–Crippen MR) is 137 cm³/mol. The van der Waals surface area contributed by atoms with Crippen molar-refractivity contribution in [2.75, 3.05) is 33.9 Å². The van der Waals surface area contributed by atoms with Crippen molar-refractivity contribution in [3.05, 3.63) is 77.9 Å². The van der Waals surface area contributed by atoms with Crippen LogP contribution in [-0.2, 0) is 16.0 Å². The lowest BCUT2D eigenvalue weighted by atomic mass is 9.82. The van der Waals surface area contributed by atoms with Crippen LogP contribution >= 0.6 is 0 Å². The summed E-state index contributed by atoms with van der Waals surface area (Å²) in [5.41, 5.74) is 9.58. The molecule has 2 aromatic rings. The van der Waals surface area contributed by atoms with Crippen molar-refractivity contribution in [1.82, 2.24) is 4.90 Å². The van der Waals surface area contributed by atoms with Crippen molar-refractivity contribution in [3.8, 4) is 5.75 Å². The molecule has 3 unspecified atom stereocenters. The molecule has 0 bridgehead atoms. The van der Waals surface area contributed by atoms with Crippen LogP contribution in [0.2, 0.25) is 0 Å². The van der Waals surface area contributed by atoms with Crippen LogP contribution in [0.15, 0.2) is 66.2 Å². The topological polar surface area (TPSA) is 77.1 Å². The molecular weight excluding hydrogens is 426 g/mol. The number of amidine groups is 1. The van der Waals surface area contributed by atoms with Gasteiger partial charge in [0.05, 0.1) is 12.6 Å². The Bertz CT molecular complexity index is 987. The molecule has 1 aliphatic rings. The van der Waals surface area contributed by atoms with E-state index in [0.29, 0.717) is 19.8 Å². The van der Waals surface area contributed by atoms with Crippen LogP contribution in [0.3, 0.4) is 0 Å². The third-order valence-electron chi connectivity index (χ3n) is 6.46. The Kier molecular flexibility index (Phi) is 9.28. The molecule has 0 saturated heterocycles. The van der Waals surface area contributed by atoms with Crippen LogP contribution in [-0.4, -0.2) is 50.6 Å². The maximum absolute atomic E-state index is 12.8. The maximum Gasteiger partial charge on any atom is 0.229 e. The fraction of sp³-hybridized carbons (Fsp3) is 0.429. The van der Waals surface area contributed by atoms with Crippen molar-refractivity contribution < 1.29 is 14.3 Å². The first kappa shape index (κ1) is 25.5. The van der Waals surface area contributed by atoms with E-state index in [1.165, 1.54) is 11.1 Å². The van der Waals surface area contributed by atoms with Crippen molar-refractivity contribution in [2.45, 2.75) is 38.1 Å². The van der Waals surface area contributed by atoms with Gasteiger partial charge in [-0.3, -0.25) is 9.79 Å². The molecule has 34 heavy (non-hydrogen) atoms. The number of ether oxygens (including phenoxy) is 2. The minimum atomic E-state index is -0.608. The first-order chi connectivity index (χ1) is 16.5. The number of nitrogens with zero attached hydrogens (tertiary/aromatic N) is 2. The molecule has 1 aliphatic heterocycles. The molecule has 3 atom stereocenters. The fourth-order valence-corrected chi connectivity index (χ4v) is 4.76. The van der Waals surface area contributed by atoms with Crippen molar-refractivity contribution in [3.63, 3.8) is 0 Å². The third kappa shape index (κ3) is 5.86. The van der Waals surface area contributed by atoms with Gasteiger partial charge >= 0.3 is 0 Å². The highest BCUT2D eigenvalue weighted by atomic mass is 16.5. The molecule has 3 rings (SSSR count). The molecule has 0 spiro atoms. The third-order valence-corrected chi connectivity index (χ3v) is 6.46. The molecule has 0 radical (unpaired) electrons. The lowest BCUT2D eigenvalue weighted by molar-refractivity contribution is -0.120. The summed E-state index contributed by atoms with van der Waals surface area (Å²) in [5.74, 6) is 0.165. The molecule has 1 amide bonds. The van der Waals surface area contributed by atoms with Gasteiger partial charge in [0.25, 0.3) is 0 Å². The highest BCUT2D eigenvalue weighted by Crippen LogP contribution is 2.36. The largest absolute Gasteiger partial charge is 0.491 e. The summed E-state index contributed by atoms with van der Waals surface area (Å²) in [6.45, 7) is 7.88. The van der Waals surface area contributed by atoms with Gasteiger partial charge in [-0.2, -0.15) is 0 Å². The Balaban J connectivity index is 1.88. The Morgan fingerprint density at radius 2 is 1.97 bits per heavy atom. The Morgan fingerprint density at radius 1 is 1.24 bits per heavy atom. The van der Waals surface area contributed by atoms with E-state index in [4.69, 9.17) is 20.2 Å². The van der Waals surface area contributed by atoms with Crippen molar-refractivity contribution in [2.24, 2.45) is 16.6 Å². The molecule has 1 heterocycles. The standard InChI is InChI=1S/C28H37N3O3/c1-5-9-20-10-7-8-11-24(20)25-16-17-30-28(31(25)3)26(27(29)32)23(6-2)21-12-14-22(15-13-21)34-19-18-33-4/h6-8,10-15,23,25-26H,2,5,9,16-19H2,1,3-4H3,(H2,29,32). The van der Waals surface area contributed by atoms with Crippen molar-refractivity contribution in [1.29, 1.82) is 0 Å². The molecule has 6 heteroatoms. The summed E-state index contributed by atoms with van der Waals surface area (Å²) >= 11 is 0. The minimum absolute atomic E-state index is 0.152. The first-order valence-electron chi connectivity index (χ1n) is 12.0. The number of methoxy groups -OCH3 is 1. The van der Waals surface area contributed by atoms with E-state index in [-0.39, 0.29) is 12.0 Å². The van der Waals surface area contributed by atoms with E-state index in [1.807, 2.05) is 31.3 Å². The number of benzene rings is 2. The number of hydrogen-bond donors (Lipinski definition) is 1. The highest BCUT2D eigenvalue weighted by Gasteiger charge is 2.37. The summed E-state index contributed by atoms with van der Waals surface area (Å²) in [6, 6.07) is 16.4. The van der Waals surface area contributed by atoms with Crippen LogP contribution < -0.4 is 10.5 Å². The van der Waals surface area contributed by atoms with Crippen molar-refractivity contribution >= 4 is 11.7 Å². The quantitative estimate of drug-likeness (QED) is 0.371. The molecule has 0 aromatic heterocycles. The molecule has 2 N–H and O–H groups in total. The van der Waals surface area contributed by atoms with Gasteiger partial charge in [0, 0.05) is 26.6 Å². The van der Waals surface area contributed by atoms with Crippen LogP contribution in [0.25, 0.3) is 0 Å². The second kappa shape index (κ2) is 12.4. The average Bonchev–Trinajstić information content (AvgIpc) is 2.84. The Morgan fingerprint density at radius 3 is 2.62 bits per heavy atom. The number of rotatable bonds is 12. The van der Waals surface area contributed by atoms with Gasteiger partial charge in [0.15, 0.2) is 0 Å². The number of hydrogen-bond acceptors (Lipinski definition) is 5. The summed E-state index contributed by atoms with van der Waals surface area (Å²) in [7, 11) is 3.66. The summed E-state index contributed by atoms with van der Waals surface area (Å²) in [6.07, 6.45) is 4.81. The molecule has 0 saturated carbocycles. The number of aliphatic imine (C=N–C) groups is 1. The zero-order valence-electron chi connectivity index (χ0n) is 20.6. The number of primary amides is 1. The van der Waals surface area contributed by atoms with E-state index >= 15 is 0 Å². The van der Waals surface area contributed by atoms with Gasteiger partial charge < -0.3 is 20.1 Å². The number of nitrogens with two attached hydrogens (primary N) is 1. The zero-order chi connectivity index (χ0) is 24.5. The maximum atomic E-state index is 12.8. The normalized spacial score (nSPS) is 17.6. The lowest BCUT2D eigenvalue weighted by Crippen LogP contribution is -2.46. The van der Waals surface area contributed by atoms with Gasteiger partial charge in [0.2, 0.25) is 5.91 Å². The number of carbonyl (C=O) groups excluding carboxylic acids is 1. The second-order valence-electron chi connectivity index (χ2n) is 8.66. The molecule has 0 fully saturated rings. The number of aryl methyl sites for hydroxylation is 1. The average molecular weight is 464 g/mol. The molecule has 0 aliphatic carbocycles. The first-order valence-corrected chi connectivity index (χ1v) is 12.0. The van der Waals surface area contributed by atoms with E-state index < -0.39 is 11.8 Å². The van der Waals surface area contributed by atoms with Gasteiger partial charge in [-0.05, 0) is 41.7 Å².